The Bertz CT molecular complexity index is 1290. The van der Waals surface area contributed by atoms with Gasteiger partial charge < -0.3 is 14.7 Å². The molecule has 0 aromatic heterocycles. The first kappa shape index (κ1) is 34.1. The van der Waals surface area contributed by atoms with Crippen molar-refractivity contribution in [2.45, 2.75) is 64.5 Å². The largest absolute Gasteiger partial charge is 0.508 e. The predicted octanol–water partition coefficient (Wildman–Crippen LogP) is 8.39. The molecule has 1 fully saturated rings. The summed E-state index contributed by atoms with van der Waals surface area (Å²) in [7, 11) is 1.89. The van der Waals surface area contributed by atoms with Crippen LogP contribution in [0.4, 0.5) is 0 Å². The molecule has 0 bridgehead atoms. The van der Waals surface area contributed by atoms with Gasteiger partial charge in [0, 0.05) is 31.6 Å². The Morgan fingerprint density at radius 3 is 2.45 bits per heavy atom. The molecule has 5 nitrogen and oxygen atoms in total. The van der Waals surface area contributed by atoms with Gasteiger partial charge in [0.05, 0.1) is 22.6 Å². The van der Waals surface area contributed by atoms with Crippen molar-refractivity contribution in [3.05, 3.63) is 93.5 Å². The monoisotopic (exact) mass is 632 g/mol. The second-order valence-electron chi connectivity index (χ2n) is 11.6. The van der Waals surface area contributed by atoms with Crippen LogP contribution < -0.4 is 4.74 Å². The molecule has 3 aromatic carbocycles. The van der Waals surface area contributed by atoms with Crippen molar-refractivity contribution < 1.29 is 14.6 Å². The van der Waals surface area contributed by atoms with Gasteiger partial charge in [0.1, 0.15) is 11.5 Å². The predicted molar refractivity (Wildman–Crippen MR) is 175 cm³/mol. The Morgan fingerprint density at radius 2 is 1.76 bits per heavy atom. The van der Waals surface area contributed by atoms with Crippen LogP contribution in [-0.4, -0.2) is 53.6 Å². The molecule has 0 spiro atoms. The normalized spacial score (nSPS) is 14.8. The summed E-state index contributed by atoms with van der Waals surface area (Å²) in [4.78, 5) is 17.5. The van der Waals surface area contributed by atoms with E-state index in [1.54, 1.807) is 6.07 Å². The zero-order valence-corrected chi connectivity index (χ0v) is 27.1. The SMILES string of the molecule is CC(C)Oc1cccc(CC(=O)N(C)CC(CCC2CCN(Cc3ccccc3O)CC2)c2ccc(Cl)c(Cl)c2)c1.Cl. The Morgan fingerprint density at radius 1 is 1.02 bits per heavy atom. The van der Waals surface area contributed by atoms with Crippen molar-refractivity contribution in [2.75, 3.05) is 26.7 Å². The smallest absolute Gasteiger partial charge is 0.226 e. The zero-order chi connectivity index (χ0) is 29.4. The fraction of sp³-hybridized carbons (Fsp3) is 0.441. The van der Waals surface area contributed by atoms with E-state index in [1.165, 1.54) is 0 Å². The summed E-state index contributed by atoms with van der Waals surface area (Å²) >= 11 is 12.6. The summed E-state index contributed by atoms with van der Waals surface area (Å²) in [5.41, 5.74) is 3.04. The number of phenols is 1. The molecule has 1 heterocycles. The summed E-state index contributed by atoms with van der Waals surface area (Å²) in [5, 5.41) is 11.2. The number of carbonyl (C=O) groups excluding carboxylic acids is 1. The molecular weight excluding hydrogens is 591 g/mol. The number of hydrogen-bond acceptors (Lipinski definition) is 4. The second-order valence-corrected chi connectivity index (χ2v) is 12.4. The van der Waals surface area contributed by atoms with Gasteiger partial charge in [-0.05, 0) is 100.0 Å². The molecule has 228 valence electrons. The first-order valence-electron chi connectivity index (χ1n) is 14.6. The van der Waals surface area contributed by atoms with E-state index in [9.17, 15) is 9.90 Å². The van der Waals surface area contributed by atoms with Crippen LogP contribution in [0.5, 0.6) is 11.5 Å². The molecule has 0 saturated carbocycles. The molecule has 1 unspecified atom stereocenters. The Labute approximate surface area is 267 Å². The molecule has 1 amide bonds. The van der Waals surface area contributed by atoms with Crippen LogP contribution in [0.2, 0.25) is 10.0 Å². The number of nitrogens with zero attached hydrogens (tertiary/aromatic N) is 2. The maximum atomic E-state index is 13.3. The quantitative estimate of drug-likeness (QED) is 0.218. The van der Waals surface area contributed by atoms with E-state index in [2.05, 4.69) is 4.90 Å². The molecule has 3 aromatic rings. The van der Waals surface area contributed by atoms with Gasteiger partial charge in [0.25, 0.3) is 0 Å². The van der Waals surface area contributed by atoms with Gasteiger partial charge in [-0.15, -0.1) is 12.4 Å². The summed E-state index contributed by atoms with van der Waals surface area (Å²) in [6.45, 7) is 7.43. The van der Waals surface area contributed by atoms with E-state index in [-0.39, 0.29) is 30.3 Å². The molecule has 1 atom stereocenters. The number of halogens is 3. The number of benzene rings is 3. The van der Waals surface area contributed by atoms with Crippen LogP contribution in [0.25, 0.3) is 0 Å². The number of amides is 1. The number of para-hydroxylation sites is 1. The van der Waals surface area contributed by atoms with E-state index in [1.807, 2.05) is 86.5 Å². The van der Waals surface area contributed by atoms with Crippen molar-refractivity contribution >= 4 is 41.5 Å². The molecule has 8 heteroatoms. The third-order valence-corrected chi connectivity index (χ3v) is 8.72. The number of piperidine rings is 1. The summed E-state index contributed by atoms with van der Waals surface area (Å²) in [6, 6.07) is 21.2. The molecule has 1 aliphatic heterocycles. The first-order chi connectivity index (χ1) is 19.7. The standard InChI is InChI=1S/C34H42Cl2N2O3.ClH/c1-24(2)41-30-9-6-7-26(19-30)20-34(40)37(3)22-28(27-13-14-31(35)32(36)21-27)12-11-25-15-17-38(18-16-25)23-29-8-4-5-10-33(29)39;/h4-10,13-14,19,21,24-25,28,39H,11-12,15-18,20,22-23H2,1-3H3;1H. The van der Waals surface area contributed by atoms with Crippen LogP contribution >= 0.6 is 35.6 Å². The number of phenolic OH excluding ortho intramolecular Hbond substituents is 1. The highest BCUT2D eigenvalue weighted by atomic mass is 35.5. The van der Waals surface area contributed by atoms with Gasteiger partial charge >= 0.3 is 0 Å². The second kappa shape index (κ2) is 16.4. The van der Waals surface area contributed by atoms with Gasteiger partial charge in [-0.1, -0.05) is 59.6 Å². The average Bonchev–Trinajstić information content (AvgIpc) is 2.94. The van der Waals surface area contributed by atoms with Crippen LogP contribution in [-0.2, 0) is 17.8 Å². The maximum absolute atomic E-state index is 13.3. The van der Waals surface area contributed by atoms with Crippen LogP contribution in [0.1, 0.15) is 62.1 Å². The molecular formula is C34H43Cl3N2O3. The van der Waals surface area contributed by atoms with Gasteiger partial charge in [-0.2, -0.15) is 0 Å². The molecule has 4 rings (SSSR count). The van der Waals surface area contributed by atoms with Crippen LogP contribution in [0.3, 0.4) is 0 Å². The Balaban J connectivity index is 0.00000484. The van der Waals surface area contributed by atoms with Gasteiger partial charge in [0.2, 0.25) is 5.91 Å². The lowest BCUT2D eigenvalue weighted by Crippen LogP contribution is -2.34. The molecule has 0 radical (unpaired) electrons. The van der Waals surface area contributed by atoms with E-state index in [0.717, 1.165) is 67.8 Å². The molecule has 1 aliphatic rings. The van der Waals surface area contributed by atoms with Crippen LogP contribution in [0.15, 0.2) is 66.7 Å². The average molecular weight is 634 g/mol. The minimum Gasteiger partial charge on any atom is -0.508 e. The van der Waals surface area contributed by atoms with Gasteiger partial charge in [0.15, 0.2) is 0 Å². The third kappa shape index (κ3) is 10.1. The first-order valence-corrected chi connectivity index (χ1v) is 15.4. The number of carbonyl (C=O) groups is 1. The summed E-state index contributed by atoms with van der Waals surface area (Å²) in [6.07, 6.45) is 4.73. The van der Waals surface area contributed by atoms with Crippen molar-refractivity contribution in [3.63, 3.8) is 0 Å². The lowest BCUT2D eigenvalue weighted by Gasteiger charge is -2.33. The number of aromatic hydroxyl groups is 1. The minimum atomic E-state index is 0. The van der Waals surface area contributed by atoms with E-state index < -0.39 is 0 Å². The Kier molecular flexibility index (Phi) is 13.3. The van der Waals surface area contributed by atoms with Gasteiger partial charge in [-0.25, -0.2) is 0 Å². The zero-order valence-electron chi connectivity index (χ0n) is 24.8. The lowest BCUT2D eigenvalue weighted by atomic mass is 9.85. The molecule has 1 saturated heterocycles. The topological polar surface area (TPSA) is 53.0 Å². The van der Waals surface area contributed by atoms with Crippen molar-refractivity contribution in [2.24, 2.45) is 5.92 Å². The minimum absolute atomic E-state index is 0. The lowest BCUT2D eigenvalue weighted by molar-refractivity contribution is -0.129. The number of hydrogen-bond donors (Lipinski definition) is 1. The van der Waals surface area contributed by atoms with E-state index >= 15 is 0 Å². The number of ether oxygens (including phenoxy) is 1. The van der Waals surface area contributed by atoms with Crippen molar-refractivity contribution in [1.82, 2.24) is 9.80 Å². The summed E-state index contributed by atoms with van der Waals surface area (Å²) in [5.74, 6) is 2.02. The third-order valence-electron chi connectivity index (χ3n) is 7.98. The molecule has 0 aliphatic carbocycles. The number of rotatable bonds is 12. The van der Waals surface area contributed by atoms with Crippen molar-refractivity contribution in [3.8, 4) is 11.5 Å². The van der Waals surface area contributed by atoms with E-state index in [0.29, 0.717) is 34.7 Å². The van der Waals surface area contributed by atoms with Crippen LogP contribution in [0, 0.1) is 5.92 Å². The Hall–Kier alpha value is -2.44. The highest BCUT2D eigenvalue weighted by Gasteiger charge is 2.24. The maximum Gasteiger partial charge on any atom is 0.226 e. The molecule has 1 N–H and O–H groups in total. The number of likely N-dealkylation sites (N-methyl/N-ethyl adjacent to an activating group) is 1. The number of likely N-dealkylation sites (tertiary alicyclic amines) is 1. The summed E-state index contributed by atoms with van der Waals surface area (Å²) < 4.78 is 5.81. The highest BCUT2D eigenvalue weighted by molar-refractivity contribution is 6.42. The molecule has 42 heavy (non-hydrogen) atoms. The van der Waals surface area contributed by atoms with Crippen molar-refractivity contribution in [1.29, 1.82) is 0 Å². The highest BCUT2D eigenvalue weighted by Crippen LogP contribution is 2.33. The fourth-order valence-corrected chi connectivity index (χ4v) is 5.93. The van der Waals surface area contributed by atoms with E-state index in [4.69, 9.17) is 27.9 Å². The fourth-order valence-electron chi connectivity index (χ4n) is 5.63. The van der Waals surface area contributed by atoms with Gasteiger partial charge in [-0.3, -0.25) is 9.69 Å².